The van der Waals surface area contributed by atoms with Crippen LogP contribution in [0.25, 0.3) is 21.3 Å². The van der Waals surface area contributed by atoms with Crippen LogP contribution in [0.4, 0.5) is 0 Å². The number of rotatable bonds is 10. The lowest BCUT2D eigenvalue weighted by Crippen LogP contribution is -2.36. The van der Waals surface area contributed by atoms with E-state index in [1.807, 2.05) is 36.6 Å². The lowest BCUT2D eigenvalue weighted by Gasteiger charge is -2.24. The topological polar surface area (TPSA) is 78.5 Å². The Morgan fingerprint density at radius 3 is 2.68 bits per heavy atom. The molecule has 1 unspecified atom stereocenters. The highest BCUT2D eigenvalue weighted by atomic mass is 35.5. The summed E-state index contributed by atoms with van der Waals surface area (Å²) in [7, 11) is 0. The average molecular weight is 498 g/mol. The molecule has 0 amide bonds. The van der Waals surface area contributed by atoms with Gasteiger partial charge in [-0.05, 0) is 55.3 Å². The second kappa shape index (κ2) is 11.1. The van der Waals surface area contributed by atoms with Crippen molar-refractivity contribution in [1.82, 2.24) is 14.9 Å². The van der Waals surface area contributed by atoms with E-state index < -0.39 is 6.10 Å². The summed E-state index contributed by atoms with van der Waals surface area (Å²) in [5, 5.41) is 13.8. The van der Waals surface area contributed by atoms with Crippen molar-refractivity contribution >= 4 is 33.2 Å². The number of aliphatic hydroxyl groups is 1. The number of halogens is 1. The molecule has 2 N–H and O–H groups in total. The summed E-state index contributed by atoms with van der Waals surface area (Å²) < 4.78 is 5.68. The summed E-state index contributed by atoms with van der Waals surface area (Å²) in [6.45, 7) is 5.89. The third kappa shape index (κ3) is 5.85. The number of hydrogen-bond acceptors (Lipinski definition) is 6. The number of fused-ring (bicyclic) bond motifs is 1. The first-order valence-electron chi connectivity index (χ1n) is 11.3. The molecular formula is C26H28ClN3O3S. The Hall–Kier alpha value is -2.71. The molecule has 8 heteroatoms. The van der Waals surface area contributed by atoms with E-state index in [4.69, 9.17) is 21.3 Å². The zero-order valence-corrected chi connectivity index (χ0v) is 20.8. The van der Waals surface area contributed by atoms with Gasteiger partial charge in [0.15, 0.2) is 0 Å². The number of hydrogen-bond donors (Lipinski definition) is 2. The van der Waals surface area contributed by atoms with Crippen LogP contribution in [0.2, 0.25) is 5.02 Å². The van der Waals surface area contributed by atoms with Crippen molar-refractivity contribution in [2.75, 3.05) is 19.7 Å². The Morgan fingerprint density at radius 2 is 1.94 bits per heavy atom. The van der Waals surface area contributed by atoms with Crippen molar-refractivity contribution in [2.45, 2.75) is 32.9 Å². The molecule has 0 saturated carbocycles. The number of aromatic nitrogens is 2. The van der Waals surface area contributed by atoms with E-state index in [1.54, 1.807) is 24.3 Å². The van der Waals surface area contributed by atoms with Crippen LogP contribution in [0.15, 0.2) is 58.7 Å². The van der Waals surface area contributed by atoms with Gasteiger partial charge in [-0.3, -0.25) is 9.69 Å². The Kier molecular flexibility index (Phi) is 8.00. The van der Waals surface area contributed by atoms with Crippen LogP contribution in [0.1, 0.15) is 24.7 Å². The zero-order chi connectivity index (χ0) is 24.1. The van der Waals surface area contributed by atoms with E-state index in [2.05, 4.69) is 16.8 Å². The second-order valence-corrected chi connectivity index (χ2v) is 9.61. The number of benzene rings is 2. The summed E-state index contributed by atoms with van der Waals surface area (Å²) in [6, 6.07) is 15.1. The smallest absolute Gasteiger partial charge is 0.260 e. The first kappa shape index (κ1) is 24.4. The van der Waals surface area contributed by atoms with Gasteiger partial charge in [-0.25, -0.2) is 4.98 Å². The quantitative estimate of drug-likeness (QED) is 0.312. The van der Waals surface area contributed by atoms with Crippen molar-refractivity contribution in [1.29, 1.82) is 0 Å². The Morgan fingerprint density at radius 1 is 1.18 bits per heavy atom. The van der Waals surface area contributed by atoms with Gasteiger partial charge in [0.05, 0.1) is 11.9 Å². The van der Waals surface area contributed by atoms with E-state index in [-0.39, 0.29) is 12.2 Å². The molecular weight excluding hydrogens is 470 g/mol. The molecule has 6 nitrogen and oxygen atoms in total. The molecule has 2 aromatic heterocycles. The number of H-pyrrole nitrogens is 1. The fourth-order valence-electron chi connectivity index (χ4n) is 3.98. The molecule has 1 atom stereocenters. The summed E-state index contributed by atoms with van der Waals surface area (Å²) >= 11 is 7.38. The van der Waals surface area contributed by atoms with E-state index in [0.29, 0.717) is 35.1 Å². The van der Waals surface area contributed by atoms with Crippen LogP contribution in [-0.2, 0) is 6.54 Å². The monoisotopic (exact) mass is 497 g/mol. The number of nitrogens with zero attached hydrogens (tertiary/aromatic N) is 2. The number of aliphatic hydroxyl groups excluding tert-OH is 1. The van der Waals surface area contributed by atoms with Gasteiger partial charge in [0, 0.05) is 22.5 Å². The molecule has 178 valence electrons. The van der Waals surface area contributed by atoms with Crippen molar-refractivity contribution in [3.8, 4) is 16.9 Å². The normalized spacial score (nSPS) is 12.4. The fourth-order valence-corrected chi connectivity index (χ4v) is 5.06. The molecule has 34 heavy (non-hydrogen) atoms. The van der Waals surface area contributed by atoms with Crippen LogP contribution in [0, 0.1) is 6.92 Å². The average Bonchev–Trinajstić information content (AvgIpc) is 3.23. The highest BCUT2D eigenvalue weighted by molar-refractivity contribution is 7.17. The van der Waals surface area contributed by atoms with E-state index in [1.165, 1.54) is 11.3 Å². The first-order valence-corrected chi connectivity index (χ1v) is 12.6. The summed E-state index contributed by atoms with van der Waals surface area (Å²) in [4.78, 5) is 23.5. The third-order valence-electron chi connectivity index (χ3n) is 5.57. The molecule has 2 heterocycles. The third-order valence-corrected chi connectivity index (χ3v) is 6.69. The maximum atomic E-state index is 13.0. The van der Waals surface area contributed by atoms with Crippen LogP contribution in [0.3, 0.4) is 0 Å². The number of aryl methyl sites for hydroxylation is 1. The number of nitrogens with one attached hydrogen (secondary N) is 1. The van der Waals surface area contributed by atoms with Crippen LogP contribution >= 0.6 is 22.9 Å². The largest absolute Gasteiger partial charge is 0.491 e. The minimum atomic E-state index is -0.688. The van der Waals surface area contributed by atoms with E-state index in [9.17, 15) is 9.90 Å². The Bertz CT molecular complexity index is 1300. The van der Waals surface area contributed by atoms with Gasteiger partial charge >= 0.3 is 0 Å². The summed E-state index contributed by atoms with van der Waals surface area (Å²) in [6.07, 6.45) is 0.222. The van der Waals surface area contributed by atoms with Gasteiger partial charge in [0.2, 0.25) is 0 Å². The molecule has 0 radical (unpaired) electrons. The Balaban J connectivity index is 1.47. The van der Waals surface area contributed by atoms with Gasteiger partial charge in [0.1, 0.15) is 29.1 Å². The molecule has 0 aliphatic heterocycles. The minimum absolute atomic E-state index is 0.137. The second-order valence-electron chi connectivity index (χ2n) is 8.31. The minimum Gasteiger partial charge on any atom is -0.491 e. The predicted molar refractivity (Wildman–Crippen MR) is 139 cm³/mol. The van der Waals surface area contributed by atoms with Gasteiger partial charge < -0.3 is 14.8 Å². The highest BCUT2D eigenvalue weighted by Crippen LogP contribution is 2.32. The molecule has 0 spiro atoms. The van der Waals surface area contributed by atoms with Crippen LogP contribution in [0.5, 0.6) is 5.75 Å². The molecule has 0 saturated heterocycles. The van der Waals surface area contributed by atoms with Gasteiger partial charge in [-0.15, -0.1) is 11.3 Å². The number of aromatic amines is 1. The molecule has 2 aromatic carbocycles. The van der Waals surface area contributed by atoms with Crippen molar-refractivity contribution in [3.63, 3.8) is 0 Å². The van der Waals surface area contributed by atoms with Gasteiger partial charge in [-0.2, -0.15) is 0 Å². The summed E-state index contributed by atoms with van der Waals surface area (Å²) in [5.41, 5.74) is 2.95. The highest BCUT2D eigenvalue weighted by Gasteiger charge is 2.17. The molecule has 0 bridgehead atoms. The van der Waals surface area contributed by atoms with Crippen LogP contribution in [-0.4, -0.2) is 45.8 Å². The lowest BCUT2D eigenvalue weighted by molar-refractivity contribution is 0.0647. The van der Waals surface area contributed by atoms with Crippen molar-refractivity contribution in [2.24, 2.45) is 0 Å². The molecule has 4 aromatic rings. The maximum absolute atomic E-state index is 13.0. The van der Waals surface area contributed by atoms with Gasteiger partial charge in [-0.1, -0.05) is 42.8 Å². The SMILES string of the molecule is CCCN(Cc1nc2scc(-c3ccccc3C)c2c(=O)[nH]1)CC(O)COc1ccc(Cl)cc1. The maximum Gasteiger partial charge on any atom is 0.260 e. The fraction of sp³-hybridized carbons (Fsp3) is 0.308. The van der Waals surface area contributed by atoms with Crippen molar-refractivity contribution < 1.29 is 9.84 Å². The van der Waals surface area contributed by atoms with Gasteiger partial charge in [0.25, 0.3) is 5.56 Å². The molecule has 4 rings (SSSR count). The zero-order valence-electron chi connectivity index (χ0n) is 19.3. The number of thiophene rings is 1. The van der Waals surface area contributed by atoms with Crippen LogP contribution < -0.4 is 10.3 Å². The van der Waals surface area contributed by atoms with E-state index in [0.717, 1.165) is 34.5 Å². The summed E-state index contributed by atoms with van der Waals surface area (Å²) in [5.74, 6) is 1.25. The standard InChI is InChI=1S/C26H28ClN3O3S/c1-3-12-30(13-19(31)15-33-20-10-8-18(27)9-11-20)14-23-28-25(32)24-22(16-34-26(24)29-23)21-7-5-4-6-17(21)2/h4-11,16,19,31H,3,12-15H2,1-2H3,(H,28,29,32). The molecule has 0 aliphatic rings. The first-order chi connectivity index (χ1) is 16.4. The lowest BCUT2D eigenvalue weighted by atomic mass is 10.0. The Labute approximate surface area is 207 Å². The van der Waals surface area contributed by atoms with Crippen molar-refractivity contribution in [3.05, 3.63) is 80.7 Å². The molecule has 0 aliphatic carbocycles. The predicted octanol–water partition coefficient (Wildman–Crippen LogP) is 5.27. The molecule has 0 fully saturated rings. The van der Waals surface area contributed by atoms with E-state index >= 15 is 0 Å². The number of ether oxygens (including phenoxy) is 1.